The van der Waals surface area contributed by atoms with E-state index in [9.17, 15) is 23.3 Å². The number of benzene rings is 1. The molecule has 0 aliphatic carbocycles. The lowest BCUT2D eigenvalue weighted by atomic mass is 10.1. The van der Waals surface area contributed by atoms with Crippen LogP contribution in [-0.4, -0.2) is 41.1 Å². The summed E-state index contributed by atoms with van der Waals surface area (Å²) in [5.41, 5.74) is -0.215. The van der Waals surface area contributed by atoms with Gasteiger partial charge in [-0.3, -0.25) is 14.9 Å². The number of hydrogen-bond donors (Lipinski definition) is 1. The summed E-state index contributed by atoms with van der Waals surface area (Å²) in [6, 6.07) is 8.58. The van der Waals surface area contributed by atoms with Crippen LogP contribution in [0.5, 0.6) is 0 Å². The van der Waals surface area contributed by atoms with Crippen LogP contribution >= 0.6 is 15.9 Å². The van der Waals surface area contributed by atoms with Crippen LogP contribution in [0.25, 0.3) is 0 Å². The monoisotopic (exact) mass is 466 g/mol. The Morgan fingerprint density at radius 2 is 1.93 bits per heavy atom. The van der Waals surface area contributed by atoms with E-state index in [4.69, 9.17) is 0 Å². The molecule has 0 unspecified atom stereocenters. The van der Waals surface area contributed by atoms with Gasteiger partial charge in [0.25, 0.3) is 5.69 Å². The Bertz CT molecular complexity index is 1040. The first-order chi connectivity index (χ1) is 13.3. The second-order valence-corrected chi connectivity index (χ2v) is 8.59. The smallest absolute Gasteiger partial charge is 0.269 e. The molecule has 1 atom stereocenters. The van der Waals surface area contributed by atoms with Crippen LogP contribution in [0.2, 0.25) is 0 Å². The molecule has 1 amide bonds. The summed E-state index contributed by atoms with van der Waals surface area (Å²) in [5, 5.41) is 13.4. The van der Waals surface area contributed by atoms with Crippen molar-refractivity contribution in [1.82, 2.24) is 9.29 Å². The van der Waals surface area contributed by atoms with Crippen LogP contribution in [-0.2, 0) is 14.8 Å². The molecule has 1 aromatic carbocycles. The summed E-state index contributed by atoms with van der Waals surface area (Å²) in [6.45, 7) is 0.0172. The molecule has 11 heteroatoms. The SMILES string of the molecule is O=C(Nc1cccc(Br)n1)[C@@H]1CC=CCN1S(=O)(=O)c1ccc([N+](=O)[O-])cc1. The Kier molecular flexibility index (Phi) is 5.87. The van der Waals surface area contributed by atoms with E-state index in [1.54, 1.807) is 30.4 Å². The van der Waals surface area contributed by atoms with Crippen molar-refractivity contribution < 1.29 is 18.1 Å². The number of amides is 1. The fourth-order valence-corrected chi connectivity index (χ4v) is 4.61. The van der Waals surface area contributed by atoms with Gasteiger partial charge in [0.1, 0.15) is 16.5 Å². The molecule has 0 radical (unpaired) electrons. The highest BCUT2D eigenvalue weighted by molar-refractivity contribution is 9.10. The first-order valence-electron chi connectivity index (χ1n) is 8.14. The number of nitrogens with one attached hydrogen (secondary N) is 1. The van der Waals surface area contributed by atoms with Gasteiger partial charge in [-0.2, -0.15) is 4.31 Å². The standard InChI is InChI=1S/C17H15BrN4O5S/c18-15-5-3-6-16(19-15)20-17(23)14-4-1-2-11-21(14)28(26,27)13-9-7-12(8-10-13)22(24)25/h1-3,5-10,14H,4,11H2,(H,19,20,23)/t14-/m0/s1. The molecule has 1 aliphatic rings. The van der Waals surface area contributed by atoms with Crippen molar-refractivity contribution in [3.8, 4) is 0 Å². The fourth-order valence-electron chi connectivity index (χ4n) is 2.71. The fraction of sp³-hybridized carbons (Fsp3) is 0.176. The summed E-state index contributed by atoms with van der Waals surface area (Å²) >= 11 is 3.21. The molecule has 0 saturated carbocycles. The lowest BCUT2D eigenvalue weighted by Crippen LogP contribution is -2.48. The van der Waals surface area contributed by atoms with E-state index in [0.29, 0.717) is 10.4 Å². The molecular weight excluding hydrogens is 452 g/mol. The Hall–Kier alpha value is -2.63. The molecule has 0 spiro atoms. The number of carbonyl (C=O) groups is 1. The number of non-ortho nitro benzene ring substituents is 1. The highest BCUT2D eigenvalue weighted by Gasteiger charge is 2.36. The van der Waals surface area contributed by atoms with E-state index in [0.717, 1.165) is 28.6 Å². The Labute approximate surface area is 169 Å². The lowest BCUT2D eigenvalue weighted by Gasteiger charge is -2.30. The number of anilines is 1. The molecule has 28 heavy (non-hydrogen) atoms. The number of nitro benzene ring substituents is 1. The van der Waals surface area contributed by atoms with Gasteiger partial charge in [-0.15, -0.1) is 0 Å². The van der Waals surface area contributed by atoms with E-state index in [2.05, 4.69) is 26.2 Å². The third kappa shape index (κ3) is 4.26. The van der Waals surface area contributed by atoms with Crippen molar-refractivity contribution in [2.75, 3.05) is 11.9 Å². The Morgan fingerprint density at radius 1 is 1.21 bits per heavy atom. The summed E-state index contributed by atoms with van der Waals surface area (Å²) in [4.78, 5) is 26.9. The summed E-state index contributed by atoms with van der Waals surface area (Å²) < 4.78 is 27.6. The van der Waals surface area contributed by atoms with Crippen molar-refractivity contribution in [3.05, 3.63) is 69.3 Å². The second kappa shape index (κ2) is 8.17. The largest absolute Gasteiger partial charge is 0.309 e. The lowest BCUT2D eigenvalue weighted by molar-refractivity contribution is -0.384. The minimum atomic E-state index is -4.03. The van der Waals surface area contributed by atoms with Crippen molar-refractivity contribution in [2.24, 2.45) is 0 Å². The predicted molar refractivity (Wildman–Crippen MR) is 105 cm³/mol. The van der Waals surface area contributed by atoms with Gasteiger partial charge in [-0.25, -0.2) is 13.4 Å². The molecule has 0 saturated heterocycles. The molecule has 0 bridgehead atoms. The highest BCUT2D eigenvalue weighted by atomic mass is 79.9. The van der Waals surface area contributed by atoms with Crippen molar-refractivity contribution in [1.29, 1.82) is 0 Å². The number of halogens is 1. The van der Waals surface area contributed by atoms with E-state index in [-0.39, 0.29) is 23.5 Å². The second-order valence-electron chi connectivity index (χ2n) is 5.88. The van der Waals surface area contributed by atoms with Crippen LogP contribution in [0.15, 0.2) is 64.1 Å². The van der Waals surface area contributed by atoms with Gasteiger partial charge < -0.3 is 5.32 Å². The number of carbonyl (C=O) groups excluding carboxylic acids is 1. The average Bonchev–Trinajstić information content (AvgIpc) is 2.68. The van der Waals surface area contributed by atoms with Gasteiger partial charge in [0.2, 0.25) is 15.9 Å². The first-order valence-corrected chi connectivity index (χ1v) is 10.4. The topological polar surface area (TPSA) is 123 Å². The molecule has 3 rings (SSSR count). The number of pyridine rings is 1. The Morgan fingerprint density at radius 3 is 2.57 bits per heavy atom. The molecule has 2 aromatic rings. The van der Waals surface area contributed by atoms with Gasteiger partial charge in [-0.1, -0.05) is 18.2 Å². The van der Waals surface area contributed by atoms with Crippen molar-refractivity contribution in [2.45, 2.75) is 17.4 Å². The predicted octanol–water partition coefficient (Wildman–Crippen LogP) is 2.71. The molecule has 0 fully saturated rings. The molecular formula is C17H15BrN4O5S. The number of hydrogen-bond acceptors (Lipinski definition) is 6. The maximum atomic E-state index is 13.0. The molecule has 1 aliphatic heterocycles. The normalized spacial score (nSPS) is 17.2. The third-order valence-corrected chi connectivity index (χ3v) is 6.41. The summed E-state index contributed by atoms with van der Waals surface area (Å²) in [6.07, 6.45) is 3.59. The minimum absolute atomic E-state index is 0.0172. The number of aromatic nitrogens is 1. The average molecular weight is 467 g/mol. The van der Waals surface area contributed by atoms with E-state index >= 15 is 0 Å². The van der Waals surface area contributed by atoms with Crippen LogP contribution in [0.3, 0.4) is 0 Å². The van der Waals surface area contributed by atoms with Crippen molar-refractivity contribution in [3.63, 3.8) is 0 Å². The number of nitrogens with zero attached hydrogens (tertiary/aromatic N) is 3. The zero-order chi connectivity index (χ0) is 20.3. The quantitative estimate of drug-likeness (QED) is 0.312. The zero-order valence-corrected chi connectivity index (χ0v) is 16.8. The number of nitro groups is 1. The molecule has 9 nitrogen and oxygen atoms in total. The minimum Gasteiger partial charge on any atom is -0.309 e. The maximum absolute atomic E-state index is 13.0. The summed E-state index contributed by atoms with van der Waals surface area (Å²) in [7, 11) is -4.03. The van der Waals surface area contributed by atoms with Gasteiger partial charge in [-0.05, 0) is 46.6 Å². The summed E-state index contributed by atoms with van der Waals surface area (Å²) in [5.74, 6) is -0.220. The zero-order valence-electron chi connectivity index (χ0n) is 14.4. The highest BCUT2D eigenvalue weighted by Crippen LogP contribution is 2.25. The molecule has 2 heterocycles. The molecule has 1 aromatic heterocycles. The van der Waals surface area contributed by atoms with Gasteiger partial charge in [0.05, 0.1) is 9.82 Å². The van der Waals surface area contributed by atoms with Crippen LogP contribution in [0.4, 0.5) is 11.5 Å². The van der Waals surface area contributed by atoms with Gasteiger partial charge in [0, 0.05) is 18.7 Å². The van der Waals surface area contributed by atoms with E-state index in [1.165, 1.54) is 0 Å². The maximum Gasteiger partial charge on any atom is 0.269 e. The molecule has 146 valence electrons. The van der Waals surface area contributed by atoms with Crippen LogP contribution < -0.4 is 5.32 Å². The van der Waals surface area contributed by atoms with E-state index in [1.807, 2.05) is 0 Å². The van der Waals surface area contributed by atoms with Crippen molar-refractivity contribution >= 4 is 43.4 Å². The number of sulfonamides is 1. The van der Waals surface area contributed by atoms with Crippen LogP contribution in [0, 0.1) is 10.1 Å². The van der Waals surface area contributed by atoms with E-state index < -0.39 is 26.9 Å². The van der Waals surface area contributed by atoms with Gasteiger partial charge >= 0.3 is 0 Å². The van der Waals surface area contributed by atoms with Gasteiger partial charge in [0.15, 0.2) is 0 Å². The van der Waals surface area contributed by atoms with Crippen LogP contribution in [0.1, 0.15) is 6.42 Å². The third-order valence-electron chi connectivity index (χ3n) is 4.08. The Balaban J connectivity index is 1.86. The first kappa shape index (κ1) is 20.1. The number of rotatable bonds is 5. The molecule has 1 N–H and O–H groups in total.